The summed E-state index contributed by atoms with van der Waals surface area (Å²) in [6, 6.07) is 4.09. The molecule has 14 nitrogen and oxygen atoms in total. The van der Waals surface area contributed by atoms with Crippen molar-refractivity contribution in [3.63, 3.8) is 0 Å². The molecule has 3 aromatic heterocycles. The Balaban J connectivity index is 1.08. The fourth-order valence-electron chi connectivity index (χ4n) is 8.22. The number of hydrogen-bond donors (Lipinski definition) is 2. The Morgan fingerprint density at radius 3 is 2.66 bits per heavy atom. The van der Waals surface area contributed by atoms with Gasteiger partial charge in [0.15, 0.2) is 23.2 Å². The third-order valence-electron chi connectivity index (χ3n) is 10.9. The number of anilines is 3. The van der Waals surface area contributed by atoms with Crippen LogP contribution in [0.5, 0.6) is 0 Å². The number of carbonyl (C=O) groups is 1. The second-order valence-corrected chi connectivity index (χ2v) is 15.6. The van der Waals surface area contributed by atoms with Crippen LogP contribution >= 0.6 is 0 Å². The van der Waals surface area contributed by atoms with E-state index < -0.39 is 11.7 Å². The van der Waals surface area contributed by atoms with Crippen molar-refractivity contribution in [2.45, 2.75) is 103 Å². The van der Waals surface area contributed by atoms with Crippen LogP contribution in [0, 0.1) is 5.41 Å². The zero-order chi connectivity index (χ0) is 34.6. The quantitative estimate of drug-likeness (QED) is 0.382. The summed E-state index contributed by atoms with van der Waals surface area (Å²) in [5, 5.41) is 11.7. The topological polar surface area (TPSA) is 144 Å². The highest BCUT2D eigenvalue weighted by Crippen LogP contribution is 2.44. The van der Waals surface area contributed by atoms with Gasteiger partial charge in [0.05, 0.1) is 42.9 Å². The molecule has 4 atom stereocenters. The SMILES string of the molecule is C[C@@H]1OCC2(CCN(c3cnc4c(N5CC[C@H](C)c6nc(C7=NCCN7)ccc65)nn(C5CCCCO5)c4n3)CC2)[C@@H]1NC(=O)OC(C)(C)C. The largest absolute Gasteiger partial charge is 0.444 e. The van der Waals surface area contributed by atoms with E-state index in [2.05, 4.69) is 44.5 Å². The third-order valence-corrected chi connectivity index (χ3v) is 10.9. The van der Waals surface area contributed by atoms with Gasteiger partial charge in [-0.2, -0.15) is 0 Å². The van der Waals surface area contributed by atoms with Crippen molar-refractivity contribution >= 4 is 40.4 Å². The summed E-state index contributed by atoms with van der Waals surface area (Å²) in [5.74, 6) is 2.79. The number of aromatic nitrogens is 5. The van der Waals surface area contributed by atoms with Crippen LogP contribution in [0.3, 0.4) is 0 Å². The molecule has 0 radical (unpaired) electrons. The van der Waals surface area contributed by atoms with E-state index in [1.165, 1.54) is 0 Å². The molecule has 268 valence electrons. The van der Waals surface area contributed by atoms with E-state index in [-0.39, 0.29) is 23.8 Å². The number of carbonyl (C=O) groups excluding carboxylic acids is 1. The predicted molar refractivity (Wildman–Crippen MR) is 190 cm³/mol. The fraction of sp³-hybridized carbons (Fsp3) is 0.667. The maximum absolute atomic E-state index is 12.8. The molecule has 3 saturated heterocycles. The van der Waals surface area contributed by atoms with Crippen molar-refractivity contribution in [3.8, 4) is 0 Å². The van der Waals surface area contributed by atoms with E-state index in [0.29, 0.717) is 19.1 Å². The van der Waals surface area contributed by atoms with Gasteiger partial charge in [0, 0.05) is 44.1 Å². The van der Waals surface area contributed by atoms with Gasteiger partial charge in [-0.15, -0.1) is 5.10 Å². The maximum atomic E-state index is 12.8. The number of aliphatic imine (C=N–C) groups is 1. The number of pyridine rings is 1. The Morgan fingerprint density at radius 1 is 1.08 bits per heavy atom. The van der Waals surface area contributed by atoms with Crippen molar-refractivity contribution in [2.75, 3.05) is 55.7 Å². The molecular formula is C36H50N10O4. The Bertz CT molecular complexity index is 1770. The van der Waals surface area contributed by atoms with E-state index in [4.69, 9.17) is 34.3 Å². The zero-order valence-corrected chi connectivity index (χ0v) is 29.9. The first-order valence-electron chi connectivity index (χ1n) is 18.4. The van der Waals surface area contributed by atoms with Crippen LogP contribution in [0.2, 0.25) is 0 Å². The minimum Gasteiger partial charge on any atom is -0.444 e. The lowest BCUT2D eigenvalue weighted by molar-refractivity contribution is -0.0368. The van der Waals surface area contributed by atoms with Crippen LogP contribution in [0.4, 0.5) is 22.1 Å². The van der Waals surface area contributed by atoms with Gasteiger partial charge in [-0.3, -0.25) is 4.99 Å². The van der Waals surface area contributed by atoms with Gasteiger partial charge in [0.25, 0.3) is 0 Å². The number of nitrogens with zero attached hydrogens (tertiary/aromatic N) is 8. The zero-order valence-electron chi connectivity index (χ0n) is 29.9. The fourth-order valence-corrected chi connectivity index (χ4v) is 8.22. The number of amides is 1. The lowest BCUT2D eigenvalue weighted by Gasteiger charge is -2.42. The number of alkyl carbamates (subject to hydrolysis) is 1. The van der Waals surface area contributed by atoms with Crippen LogP contribution in [-0.4, -0.2) is 100 Å². The molecule has 50 heavy (non-hydrogen) atoms. The highest BCUT2D eigenvalue weighted by molar-refractivity contribution is 5.98. The molecule has 8 rings (SSSR count). The lowest BCUT2D eigenvalue weighted by atomic mass is 9.73. The summed E-state index contributed by atoms with van der Waals surface area (Å²) in [7, 11) is 0. The number of fused-ring (bicyclic) bond motifs is 2. The molecule has 8 heterocycles. The first-order valence-corrected chi connectivity index (χ1v) is 18.4. The predicted octanol–water partition coefficient (Wildman–Crippen LogP) is 4.81. The molecule has 0 bridgehead atoms. The number of piperidine rings is 1. The molecule has 3 fully saturated rings. The van der Waals surface area contributed by atoms with Crippen LogP contribution in [0.15, 0.2) is 23.3 Å². The average molecular weight is 687 g/mol. The molecule has 0 saturated carbocycles. The summed E-state index contributed by atoms with van der Waals surface area (Å²) < 4.78 is 20.0. The second-order valence-electron chi connectivity index (χ2n) is 15.6. The van der Waals surface area contributed by atoms with Crippen molar-refractivity contribution in [3.05, 3.63) is 29.7 Å². The Morgan fingerprint density at radius 2 is 1.92 bits per heavy atom. The lowest BCUT2D eigenvalue weighted by Crippen LogP contribution is -2.55. The first-order chi connectivity index (χ1) is 24.1. The standard InChI is InChI=1S/C36H50N10O4/c1-22-11-16-45(25-10-9-24(40-28(22)25)31-37-14-15-38-31)33-29-32(46(43-33)27-8-6-7-19-48-27)41-26(20-39-29)44-17-12-36(13-18-44)21-49-23(2)30(36)42-34(47)50-35(3,4)5/h9-10,20,22-23,27,30H,6-8,11-19,21H2,1-5H3,(H,37,38)(H,42,47)/t22-,23-,27?,30+/m0/s1. The molecule has 3 aromatic rings. The minimum absolute atomic E-state index is 0.0914. The Labute approximate surface area is 293 Å². The van der Waals surface area contributed by atoms with Crippen LogP contribution in [0.1, 0.15) is 96.7 Å². The molecule has 0 aliphatic carbocycles. The average Bonchev–Trinajstić information content (AvgIpc) is 3.85. The molecule has 1 spiro atoms. The van der Waals surface area contributed by atoms with Crippen LogP contribution < -0.4 is 20.4 Å². The number of nitrogens with one attached hydrogen (secondary N) is 2. The summed E-state index contributed by atoms with van der Waals surface area (Å²) in [4.78, 5) is 37.4. The molecule has 0 aromatic carbocycles. The van der Waals surface area contributed by atoms with E-state index in [0.717, 1.165) is 117 Å². The van der Waals surface area contributed by atoms with Crippen molar-refractivity contribution < 1.29 is 19.0 Å². The molecule has 14 heteroatoms. The van der Waals surface area contributed by atoms with Gasteiger partial charge in [-0.05, 0) is 78.4 Å². The molecule has 1 unspecified atom stereocenters. The van der Waals surface area contributed by atoms with Crippen LogP contribution in [-0.2, 0) is 14.2 Å². The monoisotopic (exact) mass is 686 g/mol. The smallest absolute Gasteiger partial charge is 0.407 e. The molecular weight excluding hydrogens is 636 g/mol. The third kappa shape index (κ3) is 6.14. The van der Waals surface area contributed by atoms with E-state index in [9.17, 15) is 4.79 Å². The van der Waals surface area contributed by atoms with Gasteiger partial charge < -0.3 is 34.6 Å². The van der Waals surface area contributed by atoms with Gasteiger partial charge in [0.1, 0.15) is 22.9 Å². The number of amidine groups is 1. The summed E-state index contributed by atoms with van der Waals surface area (Å²) in [5.41, 5.74) is 3.77. The maximum Gasteiger partial charge on any atom is 0.407 e. The highest BCUT2D eigenvalue weighted by atomic mass is 16.6. The van der Waals surface area contributed by atoms with Gasteiger partial charge in [-0.1, -0.05) is 6.92 Å². The summed E-state index contributed by atoms with van der Waals surface area (Å²) >= 11 is 0. The summed E-state index contributed by atoms with van der Waals surface area (Å²) in [6.07, 6.45) is 6.88. The Hall–Kier alpha value is -4.04. The van der Waals surface area contributed by atoms with E-state index in [1.807, 2.05) is 38.6 Å². The first kappa shape index (κ1) is 33.1. The molecule has 5 aliphatic heterocycles. The van der Waals surface area contributed by atoms with Gasteiger partial charge in [0.2, 0.25) is 0 Å². The number of hydrogen-bond acceptors (Lipinski definition) is 12. The van der Waals surface area contributed by atoms with Crippen molar-refractivity contribution in [1.29, 1.82) is 0 Å². The molecule has 1 amide bonds. The normalized spacial score (nSPS) is 26.5. The Kier molecular flexibility index (Phi) is 8.57. The second kappa shape index (κ2) is 12.9. The summed E-state index contributed by atoms with van der Waals surface area (Å²) in [6.45, 7) is 15.2. The van der Waals surface area contributed by atoms with E-state index >= 15 is 0 Å². The van der Waals surface area contributed by atoms with Gasteiger partial charge in [-0.25, -0.2) is 24.4 Å². The molecule has 2 N–H and O–H groups in total. The van der Waals surface area contributed by atoms with Crippen molar-refractivity contribution in [1.82, 2.24) is 35.4 Å². The number of rotatable bonds is 5. The van der Waals surface area contributed by atoms with Crippen molar-refractivity contribution in [2.24, 2.45) is 10.4 Å². The van der Waals surface area contributed by atoms with E-state index in [1.54, 1.807) is 0 Å². The highest BCUT2D eigenvalue weighted by Gasteiger charge is 2.50. The van der Waals surface area contributed by atoms with Crippen LogP contribution in [0.25, 0.3) is 11.2 Å². The number of ether oxygens (including phenoxy) is 3. The van der Waals surface area contributed by atoms with Gasteiger partial charge >= 0.3 is 6.09 Å². The minimum atomic E-state index is -0.561. The molecule has 5 aliphatic rings.